The highest BCUT2D eigenvalue weighted by molar-refractivity contribution is 6.30. The number of aliphatic hydroxyl groups is 1. The molecule has 170 valence electrons. The molecule has 1 saturated heterocycles. The standard InChI is InChI=1S/C22H30ClFN4O3/c1-28-8-17(25-7-18(28)13-2-3-13)20(30)27-22-10-21(11-22,12-22)26-19(29)9-31-14-4-5-15(23)16(24)6-14/h4-6,13,17-18,20,25,27,30H,2-3,7-12H2,1H3,(H,26,29). The Hall–Kier alpha value is -1.45. The van der Waals surface area contributed by atoms with Crippen LogP contribution in [0.4, 0.5) is 4.39 Å². The van der Waals surface area contributed by atoms with Crippen LogP contribution in [0.2, 0.25) is 5.02 Å². The lowest BCUT2D eigenvalue weighted by Gasteiger charge is -2.71. The van der Waals surface area contributed by atoms with Crippen molar-refractivity contribution in [3.63, 3.8) is 0 Å². The molecule has 1 aromatic carbocycles. The molecule has 6 rings (SSSR count). The number of piperazine rings is 1. The fraction of sp³-hybridized carbons (Fsp3) is 0.682. The van der Waals surface area contributed by atoms with Crippen molar-refractivity contribution in [1.82, 2.24) is 20.9 Å². The fourth-order valence-corrected chi connectivity index (χ4v) is 5.81. The monoisotopic (exact) mass is 452 g/mol. The van der Waals surface area contributed by atoms with E-state index >= 15 is 0 Å². The van der Waals surface area contributed by atoms with Crippen molar-refractivity contribution in [2.45, 2.75) is 61.5 Å². The minimum atomic E-state index is -0.611. The Bertz CT molecular complexity index is 847. The quantitative estimate of drug-likeness (QED) is 0.444. The first-order valence-corrected chi connectivity index (χ1v) is 11.4. The summed E-state index contributed by atoms with van der Waals surface area (Å²) in [7, 11) is 2.15. The van der Waals surface area contributed by atoms with Crippen LogP contribution in [-0.4, -0.2) is 72.0 Å². The van der Waals surface area contributed by atoms with E-state index in [-0.39, 0.29) is 40.4 Å². The molecule has 3 unspecified atom stereocenters. The number of nitrogens with zero attached hydrogens (tertiary/aromatic N) is 1. The summed E-state index contributed by atoms with van der Waals surface area (Å²) in [6.45, 7) is 1.58. The summed E-state index contributed by atoms with van der Waals surface area (Å²) < 4.78 is 18.8. The van der Waals surface area contributed by atoms with Crippen molar-refractivity contribution in [3.8, 4) is 5.75 Å². The van der Waals surface area contributed by atoms with Gasteiger partial charge in [-0.25, -0.2) is 4.39 Å². The molecule has 1 heterocycles. The number of halogens is 2. The van der Waals surface area contributed by atoms with Crippen molar-refractivity contribution in [3.05, 3.63) is 29.0 Å². The zero-order chi connectivity index (χ0) is 21.8. The average molecular weight is 453 g/mol. The number of benzene rings is 1. The minimum Gasteiger partial charge on any atom is -0.484 e. The van der Waals surface area contributed by atoms with Crippen LogP contribution >= 0.6 is 11.6 Å². The van der Waals surface area contributed by atoms with Gasteiger partial charge in [0, 0.05) is 36.3 Å². The number of nitrogens with one attached hydrogen (secondary N) is 3. The van der Waals surface area contributed by atoms with Crippen LogP contribution in [-0.2, 0) is 4.79 Å². The van der Waals surface area contributed by atoms with Gasteiger partial charge in [0.1, 0.15) is 17.8 Å². The first-order valence-electron chi connectivity index (χ1n) is 11.0. The lowest BCUT2D eigenvalue weighted by atomic mass is 9.44. The highest BCUT2D eigenvalue weighted by Gasteiger charge is 2.69. The summed E-state index contributed by atoms with van der Waals surface area (Å²) in [6, 6.07) is 4.69. The topological polar surface area (TPSA) is 85.9 Å². The molecule has 0 spiro atoms. The zero-order valence-corrected chi connectivity index (χ0v) is 18.4. The number of carbonyl (C=O) groups excluding carboxylic acids is 1. The van der Waals surface area contributed by atoms with Gasteiger partial charge >= 0.3 is 0 Å². The Labute approximate surface area is 186 Å². The molecule has 31 heavy (non-hydrogen) atoms. The number of hydrogen-bond donors (Lipinski definition) is 4. The maximum atomic E-state index is 13.5. The summed E-state index contributed by atoms with van der Waals surface area (Å²) in [5, 5.41) is 20.7. The molecule has 7 nitrogen and oxygen atoms in total. The fourth-order valence-electron chi connectivity index (χ4n) is 5.69. The average Bonchev–Trinajstić information content (AvgIpc) is 3.51. The molecule has 0 aromatic heterocycles. The Morgan fingerprint density at radius 3 is 2.77 bits per heavy atom. The third-order valence-corrected chi connectivity index (χ3v) is 7.64. The normalized spacial score (nSPS) is 35.6. The molecule has 0 radical (unpaired) electrons. The van der Waals surface area contributed by atoms with E-state index in [1.165, 1.54) is 31.0 Å². The predicted molar refractivity (Wildman–Crippen MR) is 114 cm³/mol. The highest BCUT2D eigenvalue weighted by atomic mass is 35.5. The van der Waals surface area contributed by atoms with Crippen molar-refractivity contribution in [2.24, 2.45) is 5.92 Å². The number of carbonyl (C=O) groups is 1. The second kappa shape index (κ2) is 7.85. The Morgan fingerprint density at radius 1 is 1.39 bits per heavy atom. The molecule has 4 saturated carbocycles. The van der Waals surface area contributed by atoms with Gasteiger partial charge < -0.3 is 25.4 Å². The van der Waals surface area contributed by atoms with Crippen molar-refractivity contribution >= 4 is 17.5 Å². The van der Waals surface area contributed by atoms with Crippen molar-refractivity contribution in [2.75, 3.05) is 26.7 Å². The number of rotatable bonds is 8. The number of hydrogen-bond acceptors (Lipinski definition) is 6. The number of amides is 1. The minimum absolute atomic E-state index is 0.00716. The van der Waals surface area contributed by atoms with Gasteiger partial charge in [-0.1, -0.05) is 11.6 Å². The van der Waals surface area contributed by atoms with Gasteiger partial charge in [0.25, 0.3) is 5.91 Å². The summed E-state index contributed by atoms with van der Waals surface area (Å²) in [5.41, 5.74) is -0.313. The first-order chi connectivity index (χ1) is 14.8. The highest BCUT2D eigenvalue weighted by Crippen LogP contribution is 2.60. The van der Waals surface area contributed by atoms with Crippen LogP contribution in [0.5, 0.6) is 5.75 Å². The molecular formula is C22H30ClFN4O3. The Kier molecular flexibility index (Phi) is 5.42. The van der Waals surface area contributed by atoms with Crippen LogP contribution in [0.25, 0.3) is 0 Å². The summed E-state index contributed by atoms with van der Waals surface area (Å²) in [5.74, 6) is 0.273. The van der Waals surface area contributed by atoms with Gasteiger partial charge in [-0.3, -0.25) is 10.1 Å². The van der Waals surface area contributed by atoms with E-state index in [0.717, 1.165) is 38.3 Å². The molecule has 4 aliphatic carbocycles. The molecule has 4 N–H and O–H groups in total. The van der Waals surface area contributed by atoms with E-state index < -0.39 is 12.0 Å². The second-order valence-electron chi connectivity index (χ2n) is 9.95. The number of ether oxygens (including phenoxy) is 1. The smallest absolute Gasteiger partial charge is 0.258 e. The third kappa shape index (κ3) is 4.28. The van der Waals surface area contributed by atoms with E-state index in [1.807, 2.05) is 0 Å². The number of aliphatic hydroxyl groups excluding tert-OH is 1. The van der Waals surface area contributed by atoms with Gasteiger partial charge in [0.05, 0.1) is 11.1 Å². The van der Waals surface area contributed by atoms with Crippen LogP contribution in [0.15, 0.2) is 18.2 Å². The Morgan fingerprint density at radius 2 is 2.13 bits per heavy atom. The summed E-state index contributed by atoms with van der Waals surface area (Å²) >= 11 is 5.65. The molecule has 5 fully saturated rings. The molecule has 1 aromatic rings. The maximum absolute atomic E-state index is 13.5. The van der Waals surface area contributed by atoms with E-state index in [4.69, 9.17) is 16.3 Å². The molecule has 9 heteroatoms. The van der Waals surface area contributed by atoms with E-state index in [2.05, 4.69) is 27.9 Å². The van der Waals surface area contributed by atoms with E-state index in [9.17, 15) is 14.3 Å². The largest absolute Gasteiger partial charge is 0.484 e. The SMILES string of the molecule is CN1CC(C(O)NC23CC(NC(=O)COc4ccc(Cl)c(F)c4)(C2)C3)NCC1C1CC1. The Balaban J connectivity index is 1.04. The second-order valence-corrected chi connectivity index (χ2v) is 10.4. The third-order valence-electron chi connectivity index (χ3n) is 7.34. The summed E-state index contributed by atoms with van der Waals surface area (Å²) in [6.07, 6.45) is 4.42. The van der Waals surface area contributed by atoms with Crippen LogP contribution in [0.1, 0.15) is 32.1 Å². The van der Waals surface area contributed by atoms with Gasteiger partial charge in [0.2, 0.25) is 0 Å². The number of likely N-dealkylation sites (N-methyl/N-ethyl adjacent to an activating group) is 1. The van der Waals surface area contributed by atoms with E-state index in [0.29, 0.717) is 6.04 Å². The van der Waals surface area contributed by atoms with Crippen LogP contribution in [0.3, 0.4) is 0 Å². The van der Waals surface area contributed by atoms with E-state index in [1.54, 1.807) is 0 Å². The van der Waals surface area contributed by atoms with Gasteiger partial charge in [-0.2, -0.15) is 0 Å². The lowest BCUT2D eigenvalue weighted by Crippen LogP contribution is -2.85. The first kappa shape index (κ1) is 21.4. The molecule has 2 bridgehead atoms. The van der Waals surface area contributed by atoms with Crippen molar-refractivity contribution < 1.29 is 19.0 Å². The molecular weight excluding hydrogens is 423 g/mol. The lowest BCUT2D eigenvalue weighted by molar-refractivity contribution is -0.153. The molecule has 5 aliphatic rings. The zero-order valence-electron chi connectivity index (χ0n) is 17.7. The van der Waals surface area contributed by atoms with Gasteiger partial charge in [0.15, 0.2) is 6.61 Å². The molecule has 1 amide bonds. The molecule has 3 atom stereocenters. The van der Waals surface area contributed by atoms with Crippen LogP contribution < -0.4 is 20.7 Å². The van der Waals surface area contributed by atoms with Crippen molar-refractivity contribution in [1.29, 1.82) is 0 Å². The maximum Gasteiger partial charge on any atom is 0.258 e. The molecule has 1 aliphatic heterocycles. The predicted octanol–water partition coefficient (Wildman–Crippen LogP) is 1.24. The van der Waals surface area contributed by atoms with Gasteiger partial charge in [-0.15, -0.1) is 0 Å². The summed E-state index contributed by atoms with van der Waals surface area (Å²) in [4.78, 5) is 14.6. The van der Waals surface area contributed by atoms with Gasteiger partial charge in [-0.05, 0) is 57.2 Å². The van der Waals surface area contributed by atoms with Crippen LogP contribution in [0, 0.1) is 11.7 Å².